The molecule has 0 aromatic heterocycles. The zero-order chi connectivity index (χ0) is 11.7. The SMILES string of the molecule is CNCCC1c2ccccc2-c2ccccc21.Cl. The van der Waals surface area contributed by atoms with Gasteiger partial charge in [0.15, 0.2) is 0 Å². The van der Waals surface area contributed by atoms with Gasteiger partial charge in [-0.25, -0.2) is 0 Å². The first-order chi connectivity index (χ1) is 8.42. The molecule has 2 aromatic rings. The summed E-state index contributed by atoms with van der Waals surface area (Å²) in [6.45, 7) is 1.06. The molecule has 0 bridgehead atoms. The summed E-state index contributed by atoms with van der Waals surface area (Å²) in [5.41, 5.74) is 5.82. The van der Waals surface area contributed by atoms with Crippen LogP contribution in [-0.2, 0) is 0 Å². The Morgan fingerprint density at radius 1 is 0.889 bits per heavy atom. The van der Waals surface area contributed by atoms with E-state index in [1.807, 2.05) is 7.05 Å². The summed E-state index contributed by atoms with van der Waals surface area (Å²) in [4.78, 5) is 0. The van der Waals surface area contributed by atoms with Gasteiger partial charge in [0.2, 0.25) is 0 Å². The van der Waals surface area contributed by atoms with Crippen molar-refractivity contribution in [2.45, 2.75) is 12.3 Å². The van der Waals surface area contributed by atoms with Crippen LogP contribution >= 0.6 is 12.4 Å². The van der Waals surface area contributed by atoms with Gasteiger partial charge in [-0.3, -0.25) is 0 Å². The van der Waals surface area contributed by atoms with Crippen molar-refractivity contribution in [3.63, 3.8) is 0 Å². The van der Waals surface area contributed by atoms with Crippen LogP contribution in [0.3, 0.4) is 0 Å². The third kappa shape index (κ3) is 2.05. The Morgan fingerprint density at radius 2 is 1.39 bits per heavy atom. The normalized spacial score (nSPS) is 12.7. The van der Waals surface area contributed by atoms with Crippen LogP contribution in [0.15, 0.2) is 48.5 Å². The summed E-state index contributed by atoms with van der Waals surface area (Å²) in [7, 11) is 2.02. The van der Waals surface area contributed by atoms with Crippen LogP contribution in [0.2, 0.25) is 0 Å². The topological polar surface area (TPSA) is 12.0 Å². The van der Waals surface area contributed by atoms with Crippen LogP contribution < -0.4 is 5.32 Å². The van der Waals surface area contributed by atoms with Crippen molar-refractivity contribution >= 4 is 12.4 Å². The molecule has 0 unspecified atom stereocenters. The van der Waals surface area contributed by atoms with Gasteiger partial charge in [-0.05, 0) is 42.3 Å². The number of rotatable bonds is 3. The highest BCUT2D eigenvalue weighted by Crippen LogP contribution is 2.45. The molecule has 0 atom stereocenters. The van der Waals surface area contributed by atoms with Crippen LogP contribution in [0.25, 0.3) is 11.1 Å². The van der Waals surface area contributed by atoms with E-state index in [1.54, 1.807) is 0 Å². The minimum Gasteiger partial charge on any atom is -0.320 e. The molecule has 2 heteroatoms. The van der Waals surface area contributed by atoms with Gasteiger partial charge in [0, 0.05) is 5.92 Å². The maximum atomic E-state index is 3.26. The first kappa shape index (κ1) is 13.1. The van der Waals surface area contributed by atoms with E-state index < -0.39 is 0 Å². The maximum absolute atomic E-state index is 3.26. The zero-order valence-corrected chi connectivity index (χ0v) is 11.3. The minimum atomic E-state index is 0. The van der Waals surface area contributed by atoms with Gasteiger partial charge < -0.3 is 5.32 Å². The van der Waals surface area contributed by atoms with E-state index >= 15 is 0 Å². The molecule has 1 aliphatic rings. The third-order valence-electron chi connectivity index (χ3n) is 3.65. The highest BCUT2D eigenvalue weighted by Gasteiger charge is 2.26. The van der Waals surface area contributed by atoms with Crippen molar-refractivity contribution in [3.8, 4) is 11.1 Å². The van der Waals surface area contributed by atoms with Crippen LogP contribution in [0.1, 0.15) is 23.5 Å². The monoisotopic (exact) mass is 259 g/mol. The standard InChI is InChI=1S/C16H17N.ClH/c1-17-11-10-16-14-8-4-2-6-12(14)13-7-3-5-9-15(13)16;/h2-9,16-17H,10-11H2,1H3;1H. The molecule has 0 spiro atoms. The van der Waals surface area contributed by atoms with E-state index in [1.165, 1.54) is 28.7 Å². The number of nitrogens with one attached hydrogen (secondary N) is 1. The Bertz CT molecular complexity index is 491. The zero-order valence-electron chi connectivity index (χ0n) is 10.5. The number of benzene rings is 2. The smallest absolute Gasteiger partial charge is 0.0114 e. The molecular formula is C16H18ClN. The maximum Gasteiger partial charge on any atom is 0.0114 e. The fraction of sp³-hybridized carbons (Fsp3) is 0.250. The lowest BCUT2D eigenvalue weighted by Gasteiger charge is -2.12. The van der Waals surface area contributed by atoms with Crippen molar-refractivity contribution in [2.75, 3.05) is 13.6 Å². The second-order valence-electron chi connectivity index (χ2n) is 4.62. The molecule has 18 heavy (non-hydrogen) atoms. The summed E-state index contributed by atoms with van der Waals surface area (Å²) in [6, 6.07) is 17.6. The Kier molecular flexibility index (Phi) is 4.05. The number of hydrogen-bond donors (Lipinski definition) is 1. The highest BCUT2D eigenvalue weighted by molar-refractivity contribution is 5.85. The molecule has 0 fully saturated rings. The van der Waals surface area contributed by atoms with Crippen LogP contribution in [0.4, 0.5) is 0 Å². The minimum absolute atomic E-state index is 0. The lowest BCUT2D eigenvalue weighted by atomic mass is 9.94. The molecule has 1 aliphatic carbocycles. The van der Waals surface area contributed by atoms with Crippen LogP contribution in [0.5, 0.6) is 0 Å². The predicted octanol–water partition coefficient (Wildman–Crippen LogP) is 3.83. The van der Waals surface area contributed by atoms with Crippen molar-refractivity contribution in [1.29, 1.82) is 0 Å². The van der Waals surface area contributed by atoms with E-state index in [-0.39, 0.29) is 12.4 Å². The summed E-state index contributed by atoms with van der Waals surface area (Å²) >= 11 is 0. The summed E-state index contributed by atoms with van der Waals surface area (Å²) in [5, 5.41) is 3.26. The van der Waals surface area contributed by atoms with Crippen LogP contribution in [0, 0.1) is 0 Å². The number of hydrogen-bond acceptors (Lipinski definition) is 1. The largest absolute Gasteiger partial charge is 0.320 e. The molecule has 0 amide bonds. The Balaban J connectivity index is 0.00000120. The van der Waals surface area contributed by atoms with Gasteiger partial charge in [-0.1, -0.05) is 48.5 Å². The van der Waals surface area contributed by atoms with E-state index in [9.17, 15) is 0 Å². The van der Waals surface area contributed by atoms with Gasteiger partial charge in [0.05, 0.1) is 0 Å². The van der Waals surface area contributed by atoms with E-state index in [4.69, 9.17) is 0 Å². The Hall–Kier alpha value is -1.31. The molecule has 0 saturated heterocycles. The first-order valence-electron chi connectivity index (χ1n) is 6.24. The van der Waals surface area contributed by atoms with E-state index in [0.29, 0.717) is 5.92 Å². The van der Waals surface area contributed by atoms with Crippen molar-refractivity contribution in [1.82, 2.24) is 5.32 Å². The Morgan fingerprint density at radius 3 is 1.89 bits per heavy atom. The second-order valence-corrected chi connectivity index (χ2v) is 4.62. The fourth-order valence-corrected chi connectivity index (χ4v) is 2.86. The molecule has 0 radical (unpaired) electrons. The first-order valence-corrected chi connectivity index (χ1v) is 6.24. The molecule has 0 saturated carbocycles. The molecule has 1 N–H and O–H groups in total. The van der Waals surface area contributed by atoms with Crippen molar-refractivity contribution in [3.05, 3.63) is 59.7 Å². The van der Waals surface area contributed by atoms with E-state index in [2.05, 4.69) is 53.8 Å². The van der Waals surface area contributed by atoms with Crippen molar-refractivity contribution < 1.29 is 0 Å². The van der Waals surface area contributed by atoms with Gasteiger partial charge in [0.1, 0.15) is 0 Å². The molecule has 0 heterocycles. The lowest BCUT2D eigenvalue weighted by Crippen LogP contribution is -2.11. The van der Waals surface area contributed by atoms with Crippen LogP contribution in [-0.4, -0.2) is 13.6 Å². The Labute approximate surface area is 115 Å². The molecule has 1 nitrogen and oxygen atoms in total. The average molecular weight is 260 g/mol. The summed E-state index contributed by atoms with van der Waals surface area (Å²) in [6.07, 6.45) is 1.17. The summed E-state index contributed by atoms with van der Waals surface area (Å²) in [5.74, 6) is 0.565. The average Bonchev–Trinajstić information content (AvgIpc) is 2.71. The molecular weight excluding hydrogens is 242 g/mol. The lowest BCUT2D eigenvalue weighted by molar-refractivity contribution is 0.670. The van der Waals surface area contributed by atoms with Gasteiger partial charge in [0.25, 0.3) is 0 Å². The van der Waals surface area contributed by atoms with Gasteiger partial charge >= 0.3 is 0 Å². The van der Waals surface area contributed by atoms with Gasteiger partial charge in [-0.15, -0.1) is 12.4 Å². The van der Waals surface area contributed by atoms with E-state index in [0.717, 1.165) is 6.54 Å². The highest BCUT2D eigenvalue weighted by atomic mass is 35.5. The fourth-order valence-electron chi connectivity index (χ4n) is 2.86. The van der Waals surface area contributed by atoms with Crippen molar-refractivity contribution in [2.24, 2.45) is 0 Å². The number of fused-ring (bicyclic) bond motifs is 3. The quantitative estimate of drug-likeness (QED) is 0.883. The molecule has 94 valence electrons. The second kappa shape index (κ2) is 5.55. The van der Waals surface area contributed by atoms with Gasteiger partial charge in [-0.2, -0.15) is 0 Å². The number of halogens is 1. The predicted molar refractivity (Wildman–Crippen MR) is 79.5 cm³/mol. The molecule has 3 rings (SSSR count). The molecule has 0 aliphatic heterocycles. The third-order valence-corrected chi connectivity index (χ3v) is 3.65. The molecule has 2 aromatic carbocycles. The summed E-state index contributed by atoms with van der Waals surface area (Å²) < 4.78 is 0.